The highest BCUT2D eigenvalue weighted by atomic mass is 16.5. The third kappa shape index (κ3) is 3.99. The fraction of sp³-hybridized carbons (Fsp3) is 0.478. The number of nitrogens with zero attached hydrogens (tertiary/aromatic N) is 6. The topological polar surface area (TPSA) is 94.4 Å². The molecule has 1 atom stereocenters. The summed E-state index contributed by atoms with van der Waals surface area (Å²) in [6.45, 7) is 4.89. The van der Waals surface area contributed by atoms with E-state index in [4.69, 9.17) is 15.5 Å². The number of fused-ring (bicyclic) bond motifs is 5. The second-order valence-corrected chi connectivity index (χ2v) is 8.24. The molecule has 31 heavy (non-hydrogen) atoms. The highest BCUT2D eigenvalue weighted by Crippen LogP contribution is 2.30. The SMILES string of the molecule is CCOc1nc2c(N)nc3nc2n1Cc1cccc(c1)CCCCCCN1CC=NC31. The largest absolute Gasteiger partial charge is 0.465 e. The van der Waals surface area contributed by atoms with Crippen LogP contribution in [0.5, 0.6) is 6.01 Å². The van der Waals surface area contributed by atoms with Gasteiger partial charge >= 0.3 is 0 Å². The molecule has 0 saturated carbocycles. The van der Waals surface area contributed by atoms with Crippen LogP contribution in [0.25, 0.3) is 11.2 Å². The normalized spacial score (nSPS) is 19.7. The zero-order chi connectivity index (χ0) is 21.2. The molecule has 0 saturated heterocycles. The molecule has 162 valence electrons. The molecular formula is C23H29N7O. The van der Waals surface area contributed by atoms with Crippen molar-refractivity contribution in [1.29, 1.82) is 0 Å². The average Bonchev–Trinajstić information content (AvgIpc) is 3.36. The number of benzene rings is 1. The minimum absolute atomic E-state index is 0.193. The van der Waals surface area contributed by atoms with E-state index in [9.17, 15) is 0 Å². The highest BCUT2D eigenvalue weighted by molar-refractivity contribution is 5.83. The van der Waals surface area contributed by atoms with E-state index < -0.39 is 0 Å². The number of ether oxygens (including phenoxy) is 1. The van der Waals surface area contributed by atoms with E-state index in [0.717, 1.165) is 25.9 Å². The van der Waals surface area contributed by atoms with Gasteiger partial charge in [-0.3, -0.25) is 14.5 Å². The molecule has 2 N–H and O–H groups in total. The van der Waals surface area contributed by atoms with Gasteiger partial charge in [-0.15, -0.1) is 0 Å². The van der Waals surface area contributed by atoms with Gasteiger partial charge in [-0.05, 0) is 37.3 Å². The quantitative estimate of drug-likeness (QED) is 0.684. The molecule has 0 aliphatic carbocycles. The molecule has 4 heterocycles. The lowest BCUT2D eigenvalue weighted by Gasteiger charge is -2.22. The van der Waals surface area contributed by atoms with Crippen molar-refractivity contribution < 1.29 is 4.74 Å². The summed E-state index contributed by atoms with van der Waals surface area (Å²) >= 11 is 0. The molecule has 8 nitrogen and oxygen atoms in total. The Morgan fingerprint density at radius 1 is 1.10 bits per heavy atom. The van der Waals surface area contributed by atoms with Crippen molar-refractivity contribution in [1.82, 2.24) is 24.4 Å². The summed E-state index contributed by atoms with van der Waals surface area (Å²) in [6, 6.07) is 9.29. The predicted octanol–water partition coefficient (Wildman–Crippen LogP) is 3.36. The summed E-state index contributed by atoms with van der Waals surface area (Å²) in [6.07, 6.45) is 7.67. The molecule has 0 amide bonds. The summed E-state index contributed by atoms with van der Waals surface area (Å²) in [4.78, 5) is 21.1. The molecule has 0 radical (unpaired) electrons. The van der Waals surface area contributed by atoms with Gasteiger partial charge in [-0.1, -0.05) is 37.1 Å². The standard InChI is InChI=1S/C23H29N7O/c1-2-31-23-26-18-19(24)27-20-22-25-11-13-29(22)12-6-4-3-5-8-16-9-7-10-17(14-16)15-30(23)21(18)28-20/h7,9-11,14,22H,2-6,8,12-13,15H2,1H3,(H2,24,27,28). The minimum Gasteiger partial charge on any atom is -0.465 e. The number of anilines is 1. The second-order valence-electron chi connectivity index (χ2n) is 8.24. The van der Waals surface area contributed by atoms with Gasteiger partial charge in [0.05, 0.1) is 13.2 Å². The lowest BCUT2D eigenvalue weighted by Crippen LogP contribution is -2.27. The zero-order valence-electron chi connectivity index (χ0n) is 18.0. The van der Waals surface area contributed by atoms with Crippen LogP contribution in [0.1, 0.15) is 55.7 Å². The van der Waals surface area contributed by atoms with Gasteiger partial charge in [0.2, 0.25) is 0 Å². The lowest BCUT2D eigenvalue weighted by molar-refractivity contribution is 0.240. The predicted molar refractivity (Wildman–Crippen MR) is 121 cm³/mol. The number of aromatic nitrogens is 4. The Morgan fingerprint density at radius 2 is 1.97 bits per heavy atom. The first-order valence-corrected chi connectivity index (χ1v) is 11.2. The minimum atomic E-state index is -0.193. The average molecular weight is 420 g/mol. The van der Waals surface area contributed by atoms with Crippen LogP contribution < -0.4 is 10.5 Å². The molecule has 8 heteroatoms. The van der Waals surface area contributed by atoms with Crippen molar-refractivity contribution >= 4 is 23.2 Å². The smallest absolute Gasteiger partial charge is 0.299 e. The van der Waals surface area contributed by atoms with Crippen LogP contribution in [-0.2, 0) is 13.0 Å². The van der Waals surface area contributed by atoms with Crippen molar-refractivity contribution in [2.45, 2.75) is 51.7 Å². The highest BCUT2D eigenvalue weighted by Gasteiger charge is 2.27. The molecule has 5 rings (SSSR count). The Labute approximate surface area is 182 Å². The number of hydrogen-bond acceptors (Lipinski definition) is 7. The van der Waals surface area contributed by atoms with Crippen LogP contribution in [0.4, 0.5) is 5.82 Å². The van der Waals surface area contributed by atoms with Crippen molar-refractivity contribution in [3.63, 3.8) is 0 Å². The molecule has 1 aromatic carbocycles. The van der Waals surface area contributed by atoms with E-state index in [1.807, 2.05) is 17.7 Å². The van der Waals surface area contributed by atoms with Crippen LogP contribution in [-0.4, -0.2) is 50.3 Å². The van der Waals surface area contributed by atoms with Crippen molar-refractivity contribution in [3.8, 4) is 6.01 Å². The van der Waals surface area contributed by atoms with E-state index in [-0.39, 0.29) is 6.17 Å². The number of hydrogen-bond donors (Lipinski definition) is 1. The number of aryl methyl sites for hydroxylation is 1. The molecule has 2 aliphatic heterocycles. The molecule has 2 aromatic heterocycles. The molecule has 0 spiro atoms. The molecule has 3 aromatic rings. The van der Waals surface area contributed by atoms with E-state index in [2.05, 4.69) is 44.1 Å². The second kappa shape index (κ2) is 8.63. The maximum absolute atomic E-state index is 6.34. The lowest BCUT2D eigenvalue weighted by atomic mass is 10.0. The maximum Gasteiger partial charge on any atom is 0.299 e. The number of nitrogens with two attached hydrogens (primary N) is 1. The first-order valence-electron chi connectivity index (χ1n) is 11.2. The van der Waals surface area contributed by atoms with Crippen molar-refractivity contribution in [3.05, 3.63) is 41.2 Å². The van der Waals surface area contributed by atoms with Crippen LogP contribution in [0, 0.1) is 0 Å². The zero-order valence-corrected chi connectivity index (χ0v) is 18.0. The first kappa shape index (κ1) is 19.9. The third-order valence-corrected chi connectivity index (χ3v) is 6.01. The molecule has 2 aliphatic rings. The number of rotatable bonds is 2. The molecular weight excluding hydrogens is 390 g/mol. The first-order chi connectivity index (χ1) is 15.2. The Morgan fingerprint density at radius 3 is 2.87 bits per heavy atom. The fourth-order valence-corrected chi connectivity index (χ4v) is 4.47. The number of aliphatic imine (C=N–C) groups is 1. The third-order valence-electron chi connectivity index (χ3n) is 6.01. The van der Waals surface area contributed by atoms with Crippen LogP contribution in [0.2, 0.25) is 0 Å². The monoisotopic (exact) mass is 419 g/mol. The Balaban J connectivity index is 1.64. The Hall–Kier alpha value is -3.00. The van der Waals surface area contributed by atoms with Crippen LogP contribution >= 0.6 is 0 Å². The van der Waals surface area contributed by atoms with Crippen molar-refractivity contribution in [2.24, 2.45) is 4.99 Å². The summed E-state index contributed by atoms with van der Waals surface area (Å²) in [5.74, 6) is 1.00. The summed E-state index contributed by atoms with van der Waals surface area (Å²) in [7, 11) is 0. The van der Waals surface area contributed by atoms with Gasteiger partial charge in [0, 0.05) is 19.3 Å². The Kier molecular flexibility index (Phi) is 5.55. The van der Waals surface area contributed by atoms with Gasteiger partial charge in [0.25, 0.3) is 6.01 Å². The number of imidazole rings is 1. The van der Waals surface area contributed by atoms with Gasteiger partial charge < -0.3 is 10.5 Å². The maximum atomic E-state index is 6.34. The fourth-order valence-electron chi connectivity index (χ4n) is 4.47. The van der Waals surface area contributed by atoms with E-state index in [1.54, 1.807) is 0 Å². The van der Waals surface area contributed by atoms with Gasteiger partial charge in [0.15, 0.2) is 29.0 Å². The van der Waals surface area contributed by atoms with Gasteiger partial charge in [-0.2, -0.15) is 4.98 Å². The van der Waals surface area contributed by atoms with E-state index in [1.165, 1.54) is 30.4 Å². The van der Waals surface area contributed by atoms with Crippen LogP contribution in [0.15, 0.2) is 29.3 Å². The number of nitrogen functional groups attached to an aromatic ring is 1. The van der Waals surface area contributed by atoms with Crippen LogP contribution in [0.3, 0.4) is 0 Å². The van der Waals surface area contributed by atoms with Crippen molar-refractivity contribution in [2.75, 3.05) is 25.4 Å². The molecule has 1 unspecified atom stereocenters. The molecule has 0 fully saturated rings. The summed E-state index contributed by atoms with van der Waals surface area (Å²) in [5, 5.41) is 0. The summed E-state index contributed by atoms with van der Waals surface area (Å²) in [5.41, 5.74) is 10.2. The Bertz CT molecular complexity index is 1110. The van der Waals surface area contributed by atoms with E-state index >= 15 is 0 Å². The molecule has 4 bridgehead atoms. The van der Waals surface area contributed by atoms with Gasteiger partial charge in [-0.25, -0.2) is 9.97 Å². The summed E-state index contributed by atoms with van der Waals surface area (Å²) < 4.78 is 7.86. The van der Waals surface area contributed by atoms with Gasteiger partial charge in [0.1, 0.15) is 0 Å². The van der Waals surface area contributed by atoms with E-state index in [0.29, 0.717) is 42.0 Å².